The molecule has 1 aliphatic heterocycles. The molecule has 1 saturated heterocycles. The summed E-state index contributed by atoms with van der Waals surface area (Å²) < 4.78 is 5.19. The molecule has 7 heteroatoms. The van der Waals surface area contributed by atoms with Crippen molar-refractivity contribution in [2.24, 2.45) is 0 Å². The molecule has 1 heterocycles. The number of methoxy groups -OCH3 is 1. The summed E-state index contributed by atoms with van der Waals surface area (Å²) in [7, 11) is 3.22. The number of benzene rings is 1. The number of carboxylic acids is 1. The lowest BCUT2D eigenvalue weighted by atomic mass is 9.99. The average molecular weight is 336 g/mol. The molecule has 1 aliphatic rings. The molecule has 0 radical (unpaired) electrons. The maximum atomic E-state index is 12.7. The Morgan fingerprint density at radius 3 is 2.75 bits per heavy atom. The largest absolute Gasteiger partial charge is 0.497 e. The number of carbonyl (C=O) groups is 2. The number of amides is 1. The molecule has 2 rings (SSSR count). The zero-order valence-electron chi connectivity index (χ0n) is 14.2. The molecule has 0 aliphatic carbocycles. The summed E-state index contributed by atoms with van der Waals surface area (Å²) in [5.74, 6) is -0.726. The van der Waals surface area contributed by atoms with E-state index in [1.165, 1.54) is 0 Å². The molecule has 0 spiro atoms. The lowest BCUT2D eigenvalue weighted by Gasteiger charge is -2.25. The molecule has 0 bridgehead atoms. The van der Waals surface area contributed by atoms with E-state index in [4.69, 9.17) is 9.84 Å². The Kier molecular flexibility index (Phi) is 5.80. The van der Waals surface area contributed by atoms with Gasteiger partial charge in [0.2, 0.25) is 5.91 Å². The maximum absolute atomic E-state index is 12.7. The van der Waals surface area contributed by atoms with Gasteiger partial charge in [-0.3, -0.25) is 14.5 Å². The number of likely N-dealkylation sites (N-methyl/N-ethyl adjacent to an activating group) is 1. The average Bonchev–Trinajstić information content (AvgIpc) is 2.94. The van der Waals surface area contributed by atoms with Crippen molar-refractivity contribution in [2.75, 3.05) is 33.8 Å². The highest BCUT2D eigenvalue weighted by atomic mass is 16.5. The Balaban J connectivity index is 2.05. The van der Waals surface area contributed by atoms with Crippen molar-refractivity contribution in [2.45, 2.75) is 25.0 Å². The van der Waals surface area contributed by atoms with E-state index in [1.54, 1.807) is 24.0 Å². The highest BCUT2D eigenvalue weighted by Crippen LogP contribution is 2.25. The summed E-state index contributed by atoms with van der Waals surface area (Å²) in [4.78, 5) is 26.7. The minimum atomic E-state index is -0.959. The predicted octanol–water partition coefficient (Wildman–Crippen LogP) is 0.387. The highest BCUT2D eigenvalue weighted by Gasteiger charge is 2.38. The predicted molar refractivity (Wildman–Crippen MR) is 88.0 cm³/mol. The van der Waals surface area contributed by atoms with Crippen LogP contribution in [0.5, 0.6) is 5.75 Å². The number of aliphatic hydroxyl groups is 1. The summed E-state index contributed by atoms with van der Waals surface area (Å²) in [6, 6.07) is 6.97. The van der Waals surface area contributed by atoms with E-state index in [0.717, 1.165) is 5.56 Å². The molecule has 1 amide bonds. The zero-order chi connectivity index (χ0) is 17.9. The van der Waals surface area contributed by atoms with Crippen LogP contribution in [0, 0.1) is 0 Å². The number of aliphatic carboxylic acids is 1. The number of hydrogen-bond donors (Lipinski definition) is 2. The Morgan fingerprint density at radius 1 is 1.42 bits per heavy atom. The highest BCUT2D eigenvalue weighted by molar-refractivity contribution is 5.84. The maximum Gasteiger partial charge on any atom is 0.317 e. The van der Waals surface area contributed by atoms with Crippen molar-refractivity contribution in [3.8, 4) is 5.75 Å². The lowest BCUT2D eigenvalue weighted by molar-refractivity contribution is -0.138. The van der Waals surface area contributed by atoms with Gasteiger partial charge in [-0.15, -0.1) is 0 Å². The van der Waals surface area contributed by atoms with Crippen molar-refractivity contribution in [1.29, 1.82) is 0 Å². The molecule has 7 nitrogen and oxygen atoms in total. The van der Waals surface area contributed by atoms with Crippen molar-refractivity contribution < 1.29 is 24.5 Å². The van der Waals surface area contributed by atoms with Crippen molar-refractivity contribution >= 4 is 11.9 Å². The van der Waals surface area contributed by atoms with E-state index in [1.807, 2.05) is 31.2 Å². The molecule has 3 atom stereocenters. The number of β-amino-alcohol motifs (C(OH)–C–C–N with tert-alkyl or cyclic N) is 1. The van der Waals surface area contributed by atoms with Gasteiger partial charge in [0.1, 0.15) is 5.75 Å². The second-order valence-electron chi connectivity index (χ2n) is 6.19. The van der Waals surface area contributed by atoms with E-state index in [9.17, 15) is 14.7 Å². The third kappa shape index (κ3) is 4.04. The van der Waals surface area contributed by atoms with Gasteiger partial charge in [0.05, 0.1) is 31.7 Å². The smallest absolute Gasteiger partial charge is 0.317 e. The fraction of sp³-hybridized carbons (Fsp3) is 0.529. The van der Waals surface area contributed by atoms with Gasteiger partial charge in [-0.05, 0) is 31.7 Å². The van der Waals surface area contributed by atoms with Gasteiger partial charge in [0.15, 0.2) is 0 Å². The van der Waals surface area contributed by atoms with Crippen LogP contribution in [0.1, 0.15) is 18.4 Å². The number of likely N-dealkylation sites (tertiary alicyclic amines) is 1. The van der Waals surface area contributed by atoms with Crippen molar-refractivity contribution in [3.63, 3.8) is 0 Å². The summed E-state index contributed by atoms with van der Waals surface area (Å²) in [6.45, 7) is 2.17. The van der Waals surface area contributed by atoms with Gasteiger partial charge in [0, 0.05) is 13.1 Å². The first kappa shape index (κ1) is 18.2. The third-order valence-corrected chi connectivity index (χ3v) is 4.49. The molecule has 132 valence electrons. The van der Waals surface area contributed by atoms with E-state index in [-0.39, 0.29) is 31.0 Å². The molecule has 0 unspecified atom stereocenters. The minimum absolute atomic E-state index is 0.0893. The number of rotatable bonds is 6. The number of hydrogen-bond acceptors (Lipinski definition) is 5. The first-order valence-corrected chi connectivity index (χ1v) is 7.86. The molecule has 24 heavy (non-hydrogen) atoms. The van der Waals surface area contributed by atoms with Gasteiger partial charge in [-0.1, -0.05) is 12.1 Å². The van der Waals surface area contributed by atoms with Gasteiger partial charge >= 0.3 is 5.97 Å². The van der Waals surface area contributed by atoms with Crippen LogP contribution in [0.3, 0.4) is 0 Å². The zero-order valence-corrected chi connectivity index (χ0v) is 14.2. The third-order valence-electron chi connectivity index (χ3n) is 4.49. The van der Waals surface area contributed by atoms with Gasteiger partial charge in [0.25, 0.3) is 0 Å². The summed E-state index contributed by atoms with van der Waals surface area (Å²) in [5, 5.41) is 19.1. The normalized spacial score (nSPS) is 21.8. The number of carboxylic acid groups (broad SMARTS) is 1. The standard InChI is InChI=1S/C17H24N2O5/c1-11(12-5-4-6-13(7-12)24-3)17(23)19-8-14(15(20)9-19)18(2)10-16(21)22/h4-7,11,14-15,20H,8-10H2,1-3H3,(H,21,22)/t11-,14-,15+/m0/s1. The molecule has 1 aromatic rings. The Labute approximate surface area is 141 Å². The van der Waals surface area contributed by atoms with Crippen LogP contribution in [0.2, 0.25) is 0 Å². The van der Waals surface area contributed by atoms with Crippen LogP contribution in [0.25, 0.3) is 0 Å². The minimum Gasteiger partial charge on any atom is -0.497 e. The molecular formula is C17H24N2O5. The molecule has 0 aromatic heterocycles. The van der Waals surface area contributed by atoms with Crippen LogP contribution < -0.4 is 4.74 Å². The monoisotopic (exact) mass is 336 g/mol. The van der Waals surface area contributed by atoms with E-state index >= 15 is 0 Å². The quantitative estimate of drug-likeness (QED) is 0.781. The Hall–Kier alpha value is -2.12. The van der Waals surface area contributed by atoms with Crippen molar-refractivity contribution in [3.05, 3.63) is 29.8 Å². The van der Waals surface area contributed by atoms with E-state index in [2.05, 4.69) is 0 Å². The summed E-state index contributed by atoms with van der Waals surface area (Å²) >= 11 is 0. The van der Waals surface area contributed by atoms with E-state index < -0.39 is 12.1 Å². The molecule has 2 N–H and O–H groups in total. The fourth-order valence-electron chi connectivity index (χ4n) is 3.04. The number of nitrogens with zero attached hydrogens (tertiary/aromatic N) is 2. The van der Waals surface area contributed by atoms with Crippen LogP contribution in [-0.4, -0.2) is 77.8 Å². The molecule has 0 saturated carbocycles. The van der Waals surface area contributed by atoms with Crippen LogP contribution in [0.4, 0.5) is 0 Å². The fourth-order valence-corrected chi connectivity index (χ4v) is 3.04. The summed E-state index contributed by atoms with van der Waals surface area (Å²) in [6.07, 6.45) is -0.754. The number of aliphatic hydroxyl groups excluding tert-OH is 1. The molecule has 1 aromatic carbocycles. The topological polar surface area (TPSA) is 90.3 Å². The lowest BCUT2D eigenvalue weighted by Crippen LogP contribution is -2.43. The Bertz CT molecular complexity index is 606. The summed E-state index contributed by atoms with van der Waals surface area (Å²) in [5.41, 5.74) is 0.844. The number of carbonyl (C=O) groups excluding carboxylic acids is 1. The Morgan fingerprint density at radius 2 is 2.12 bits per heavy atom. The first-order valence-electron chi connectivity index (χ1n) is 7.86. The second-order valence-corrected chi connectivity index (χ2v) is 6.19. The van der Waals surface area contributed by atoms with E-state index in [0.29, 0.717) is 12.3 Å². The molecular weight excluding hydrogens is 312 g/mol. The van der Waals surface area contributed by atoms with Gasteiger partial charge < -0.3 is 19.8 Å². The van der Waals surface area contributed by atoms with Gasteiger partial charge in [-0.25, -0.2) is 0 Å². The molecule has 1 fully saturated rings. The van der Waals surface area contributed by atoms with Gasteiger partial charge in [-0.2, -0.15) is 0 Å². The van der Waals surface area contributed by atoms with Crippen LogP contribution in [-0.2, 0) is 9.59 Å². The van der Waals surface area contributed by atoms with Crippen molar-refractivity contribution in [1.82, 2.24) is 9.80 Å². The SMILES string of the molecule is COc1cccc([C@H](C)C(=O)N2C[C@@H](O)[C@@H](N(C)CC(=O)O)C2)c1. The first-order chi connectivity index (χ1) is 11.3. The van der Waals surface area contributed by atoms with Crippen LogP contribution in [0.15, 0.2) is 24.3 Å². The second kappa shape index (κ2) is 7.63. The number of ether oxygens (including phenoxy) is 1. The van der Waals surface area contributed by atoms with Crippen LogP contribution >= 0.6 is 0 Å².